The second-order valence-electron chi connectivity index (χ2n) is 3.79. The first-order chi connectivity index (χ1) is 8.69. The van der Waals surface area contributed by atoms with Gasteiger partial charge < -0.3 is 10.5 Å². The van der Waals surface area contributed by atoms with Crippen molar-refractivity contribution in [3.05, 3.63) is 52.9 Å². The second kappa shape index (κ2) is 4.60. The van der Waals surface area contributed by atoms with Gasteiger partial charge in [-0.1, -0.05) is 6.07 Å². The molecule has 0 bridgehead atoms. The first-order valence-corrected chi connectivity index (χ1v) is 5.27. The van der Waals surface area contributed by atoms with Crippen molar-refractivity contribution in [1.29, 1.82) is 10.5 Å². The van der Waals surface area contributed by atoms with Gasteiger partial charge in [-0.25, -0.2) is 0 Å². The fourth-order valence-electron chi connectivity index (χ4n) is 1.91. The lowest BCUT2D eigenvalue weighted by atomic mass is 9.84. The van der Waals surface area contributed by atoms with E-state index in [0.29, 0.717) is 11.3 Å². The smallest absolute Gasteiger partial charge is 0.205 e. The van der Waals surface area contributed by atoms with Crippen LogP contribution in [-0.4, -0.2) is 4.98 Å². The zero-order valence-electron chi connectivity index (χ0n) is 9.71. The quantitative estimate of drug-likeness (QED) is 0.803. The molecule has 2 heterocycles. The van der Waals surface area contributed by atoms with Crippen LogP contribution in [0.2, 0.25) is 0 Å². The topological polar surface area (TPSA) is 95.7 Å². The normalized spacial score (nSPS) is 18.9. The van der Waals surface area contributed by atoms with E-state index >= 15 is 0 Å². The lowest BCUT2D eigenvalue weighted by Gasteiger charge is -2.23. The van der Waals surface area contributed by atoms with Gasteiger partial charge in [0.2, 0.25) is 5.88 Å². The zero-order valence-corrected chi connectivity index (χ0v) is 9.71. The number of nitriles is 2. The minimum atomic E-state index is -0.498. The first-order valence-electron chi connectivity index (χ1n) is 5.27. The third-order valence-electron chi connectivity index (χ3n) is 2.74. The molecule has 0 aromatic carbocycles. The Kier molecular flexibility index (Phi) is 2.99. The van der Waals surface area contributed by atoms with Crippen LogP contribution >= 0.6 is 0 Å². The van der Waals surface area contributed by atoms with E-state index in [4.69, 9.17) is 10.5 Å². The highest BCUT2D eigenvalue weighted by Gasteiger charge is 2.31. The van der Waals surface area contributed by atoms with Gasteiger partial charge in [-0.2, -0.15) is 10.5 Å². The number of hydrogen-bond donors (Lipinski definition) is 1. The predicted molar refractivity (Wildman–Crippen MR) is 63.2 cm³/mol. The molecule has 2 rings (SSSR count). The number of aromatic nitrogens is 1. The Balaban J connectivity index is 2.62. The molecule has 0 fully saturated rings. The Morgan fingerprint density at radius 3 is 2.61 bits per heavy atom. The number of nitrogens with two attached hydrogens (primary N) is 1. The van der Waals surface area contributed by atoms with Gasteiger partial charge in [0, 0.05) is 12.4 Å². The molecule has 0 radical (unpaired) electrons. The van der Waals surface area contributed by atoms with Gasteiger partial charge in [0.1, 0.15) is 17.4 Å². The summed E-state index contributed by atoms with van der Waals surface area (Å²) in [6.07, 6.45) is 3.25. The van der Waals surface area contributed by atoms with Crippen LogP contribution in [0, 0.1) is 22.7 Å². The van der Waals surface area contributed by atoms with Gasteiger partial charge in [-0.15, -0.1) is 0 Å². The van der Waals surface area contributed by atoms with Crippen molar-refractivity contribution >= 4 is 0 Å². The maximum absolute atomic E-state index is 9.21. The molecule has 1 aliphatic rings. The van der Waals surface area contributed by atoms with E-state index in [2.05, 4.69) is 11.1 Å². The molecule has 5 nitrogen and oxygen atoms in total. The number of nitrogens with zero attached hydrogens (tertiary/aromatic N) is 3. The summed E-state index contributed by atoms with van der Waals surface area (Å²) in [7, 11) is 0. The second-order valence-corrected chi connectivity index (χ2v) is 3.79. The van der Waals surface area contributed by atoms with Crippen molar-refractivity contribution < 1.29 is 4.74 Å². The SMILES string of the molecule is CC1=C(C#N)C(c2cccnc2)C(C#N)=C(N)O1. The van der Waals surface area contributed by atoms with Crippen molar-refractivity contribution in [2.24, 2.45) is 5.73 Å². The molecule has 88 valence electrons. The summed E-state index contributed by atoms with van der Waals surface area (Å²) in [5.74, 6) is -0.0341. The van der Waals surface area contributed by atoms with Gasteiger partial charge >= 0.3 is 0 Å². The highest BCUT2D eigenvalue weighted by Crippen LogP contribution is 2.37. The average Bonchev–Trinajstić information content (AvgIpc) is 2.39. The summed E-state index contributed by atoms with van der Waals surface area (Å²) in [5, 5.41) is 18.4. The minimum absolute atomic E-state index is 0.0443. The van der Waals surface area contributed by atoms with Crippen LogP contribution < -0.4 is 5.73 Å². The largest absolute Gasteiger partial charge is 0.444 e. The van der Waals surface area contributed by atoms with E-state index in [1.807, 2.05) is 6.07 Å². The summed E-state index contributed by atoms with van der Waals surface area (Å²) in [4.78, 5) is 4.00. The standard InChI is InChI=1S/C13H10N4O/c1-8-10(5-14)12(9-3-2-4-17-7-9)11(6-15)13(16)18-8/h2-4,7,12H,16H2,1H3. The highest BCUT2D eigenvalue weighted by atomic mass is 16.5. The van der Waals surface area contributed by atoms with E-state index in [0.717, 1.165) is 5.56 Å². The predicted octanol–water partition coefficient (Wildman–Crippen LogP) is 1.69. The third-order valence-corrected chi connectivity index (χ3v) is 2.74. The summed E-state index contributed by atoms with van der Waals surface area (Å²) >= 11 is 0. The Morgan fingerprint density at radius 2 is 2.06 bits per heavy atom. The van der Waals surface area contributed by atoms with Crippen molar-refractivity contribution in [2.45, 2.75) is 12.8 Å². The highest BCUT2D eigenvalue weighted by molar-refractivity contribution is 5.52. The van der Waals surface area contributed by atoms with Gasteiger partial charge in [0.25, 0.3) is 0 Å². The molecule has 0 spiro atoms. The van der Waals surface area contributed by atoms with E-state index in [1.54, 1.807) is 31.5 Å². The molecular weight excluding hydrogens is 228 g/mol. The van der Waals surface area contributed by atoms with E-state index in [9.17, 15) is 10.5 Å². The fraction of sp³-hybridized carbons (Fsp3) is 0.154. The van der Waals surface area contributed by atoms with Crippen molar-refractivity contribution in [1.82, 2.24) is 4.98 Å². The summed E-state index contributed by atoms with van der Waals surface area (Å²) in [6, 6.07) is 7.63. The Labute approximate surface area is 104 Å². The summed E-state index contributed by atoms with van der Waals surface area (Å²) in [5.41, 5.74) is 7.07. The van der Waals surface area contributed by atoms with Gasteiger partial charge in [0.15, 0.2) is 0 Å². The zero-order chi connectivity index (χ0) is 13.1. The van der Waals surface area contributed by atoms with Crippen molar-refractivity contribution in [3.8, 4) is 12.1 Å². The maximum atomic E-state index is 9.21. The van der Waals surface area contributed by atoms with Gasteiger partial charge in [0.05, 0.1) is 17.6 Å². The fourth-order valence-corrected chi connectivity index (χ4v) is 1.91. The number of pyridine rings is 1. The van der Waals surface area contributed by atoms with E-state index in [-0.39, 0.29) is 11.5 Å². The van der Waals surface area contributed by atoms with Crippen molar-refractivity contribution in [3.63, 3.8) is 0 Å². The van der Waals surface area contributed by atoms with E-state index < -0.39 is 5.92 Å². The maximum Gasteiger partial charge on any atom is 0.205 e. The molecule has 5 heteroatoms. The average molecular weight is 238 g/mol. The monoisotopic (exact) mass is 238 g/mol. The molecule has 0 saturated heterocycles. The molecule has 0 amide bonds. The Morgan fingerprint density at radius 1 is 1.33 bits per heavy atom. The molecular formula is C13H10N4O. The Hall–Kier alpha value is -2.79. The van der Waals surface area contributed by atoms with Crippen LogP contribution in [0.15, 0.2) is 47.3 Å². The number of ether oxygens (including phenoxy) is 1. The van der Waals surface area contributed by atoms with Gasteiger partial charge in [-0.3, -0.25) is 4.98 Å². The first kappa shape index (κ1) is 11.7. The van der Waals surface area contributed by atoms with Crippen LogP contribution in [0.3, 0.4) is 0 Å². The molecule has 1 unspecified atom stereocenters. The van der Waals surface area contributed by atoms with Gasteiger partial charge in [-0.05, 0) is 18.6 Å². The summed E-state index contributed by atoms with van der Waals surface area (Å²) in [6.45, 7) is 1.66. The third kappa shape index (κ3) is 1.79. The summed E-state index contributed by atoms with van der Waals surface area (Å²) < 4.78 is 5.22. The molecule has 1 aromatic heterocycles. The molecule has 1 atom stereocenters. The van der Waals surface area contributed by atoms with Crippen LogP contribution in [0.4, 0.5) is 0 Å². The molecule has 1 aromatic rings. The van der Waals surface area contributed by atoms with Crippen LogP contribution in [0.25, 0.3) is 0 Å². The molecule has 0 aliphatic carbocycles. The minimum Gasteiger partial charge on any atom is -0.444 e. The molecule has 1 aliphatic heterocycles. The van der Waals surface area contributed by atoms with Crippen LogP contribution in [0.5, 0.6) is 0 Å². The Bertz CT molecular complexity index is 581. The van der Waals surface area contributed by atoms with Crippen LogP contribution in [-0.2, 0) is 4.74 Å². The van der Waals surface area contributed by atoms with Crippen molar-refractivity contribution in [2.75, 3.05) is 0 Å². The lowest BCUT2D eigenvalue weighted by Crippen LogP contribution is -2.19. The molecule has 18 heavy (non-hydrogen) atoms. The molecule has 2 N–H and O–H groups in total. The number of allylic oxidation sites excluding steroid dienone is 3. The van der Waals surface area contributed by atoms with E-state index in [1.165, 1.54) is 0 Å². The molecule has 0 saturated carbocycles. The number of hydrogen-bond acceptors (Lipinski definition) is 5. The number of rotatable bonds is 1. The lowest BCUT2D eigenvalue weighted by molar-refractivity contribution is 0.283. The van der Waals surface area contributed by atoms with Crippen LogP contribution in [0.1, 0.15) is 18.4 Å².